The third-order valence-electron chi connectivity index (χ3n) is 1.89. The van der Waals surface area contributed by atoms with Gasteiger partial charge in [0.25, 0.3) is 0 Å². The number of halogens is 2. The summed E-state index contributed by atoms with van der Waals surface area (Å²) in [5.41, 5.74) is 0. The predicted molar refractivity (Wildman–Crippen MR) is 56.2 cm³/mol. The highest BCUT2D eigenvalue weighted by molar-refractivity contribution is 6.29. The van der Waals surface area contributed by atoms with Crippen LogP contribution in [-0.4, -0.2) is 29.2 Å². The molecule has 1 aromatic heterocycles. The van der Waals surface area contributed by atoms with Crippen LogP contribution in [-0.2, 0) is 0 Å². The third-order valence-corrected chi connectivity index (χ3v) is 2.10. The average molecular weight is 236 g/mol. The van der Waals surface area contributed by atoms with Gasteiger partial charge in [0.05, 0.1) is 0 Å². The maximum absolute atomic E-state index is 5.68. The molecule has 1 N–H and O–H groups in total. The van der Waals surface area contributed by atoms with Crippen LogP contribution in [0.2, 0.25) is 5.15 Å². The van der Waals surface area contributed by atoms with Crippen molar-refractivity contribution < 1.29 is 4.74 Å². The average Bonchev–Trinajstić information content (AvgIpc) is 2.57. The molecule has 6 heteroatoms. The molecule has 1 aliphatic heterocycles. The summed E-state index contributed by atoms with van der Waals surface area (Å²) in [6.45, 7) is 1.85. The highest BCUT2D eigenvalue weighted by Crippen LogP contribution is 2.11. The second-order valence-electron chi connectivity index (χ2n) is 2.89. The van der Waals surface area contributed by atoms with Crippen molar-refractivity contribution in [3.8, 4) is 6.01 Å². The van der Waals surface area contributed by atoms with Gasteiger partial charge in [0, 0.05) is 12.7 Å². The van der Waals surface area contributed by atoms with E-state index in [2.05, 4.69) is 15.3 Å². The Morgan fingerprint density at radius 3 is 3.07 bits per heavy atom. The maximum Gasteiger partial charge on any atom is 0.318 e. The second kappa shape index (κ2) is 5.34. The normalized spacial score (nSPS) is 20.2. The van der Waals surface area contributed by atoms with Gasteiger partial charge in [-0.3, -0.25) is 0 Å². The van der Waals surface area contributed by atoms with Gasteiger partial charge in [-0.2, -0.15) is 4.98 Å². The number of ether oxygens (including phenoxy) is 1. The lowest BCUT2D eigenvalue weighted by atomic mass is 10.3. The molecule has 2 heterocycles. The summed E-state index contributed by atoms with van der Waals surface area (Å²) in [7, 11) is 0. The Balaban J connectivity index is 0.000000980. The molecule has 1 aromatic rings. The molecule has 0 aliphatic carbocycles. The Bertz CT molecular complexity index is 292. The van der Waals surface area contributed by atoms with E-state index in [4.69, 9.17) is 16.3 Å². The lowest BCUT2D eigenvalue weighted by molar-refractivity contribution is 0.204. The zero-order chi connectivity index (χ0) is 9.10. The first kappa shape index (κ1) is 11.5. The molecule has 4 nitrogen and oxygen atoms in total. The first-order valence-corrected chi connectivity index (χ1v) is 4.58. The number of rotatable bonds is 2. The molecule has 1 aliphatic rings. The van der Waals surface area contributed by atoms with Gasteiger partial charge in [-0.05, 0) is 19.0 Å². The standard InChI is InChI=1S/C8H10ClN3O.ClH/c9-7-2-4-11-8(12-7)13-6-1-3-10-5-6;/h2,4,6,10H,1,3,5H2;1H/t6-;/m0./s1. The van der Waals surface area contributed by atoms with Crippen LogP contribution in [0.25, 0.3) is 0 Å². The molecule has 0 unspecified atom stereocenters. The van der Waals surface area contributed by atoms with Crippen molar-refractivity contribution in [3.05, 3.63) is 17.4 Å². The van der Waals surface area contributed by atoms with E-state index in [1.807, 2.05) is 0 Å². The van der Waals surface area contributed by atoms with Gasteiger partial charge in [0.1, 0.15) is 11.3 Å². The summed E-state index contributed by atoms with van der Waals surface area (Å²) >= 11 is 5.68. The SMILES string of the molecule is Cl.Clc1ccnc(O[C@H]2CCNC2)n1. The Labute approximate surface area is 93.4 Å². The topological polar surface area (TPSA) is 47.0 Å². The monoisotopic (exact) mass is 235 g/mol. The Morgan fingerprint density at radius 2 is 2.43 bits per heavy atom. The van der Waals surface area contributed by atoms with Crippen molar-refractivity contribution in [1.29, 1.82) is 0 Å². The fraction of sp³-hybridized carbons (Fsp3) is 0.500. The number of aromatic nitrogens is 2. The van der Waals surface area contributed by atoms with Crippen molar-refractivity contribution in [1.82, 2.24) is 15.3 Å². The molecule has 2 rings (SSSR count). The molecule has 0 saturated carbocycles. The minimum Gasteiger partial charge on any atom is -0.459 e. The molecule has 1 fully saturated rings. The van der Waals surface area contributed by atoms with Gasteiger partial charge < -0.3 is 10.1 Å². The van der Waals surface area contributed by atoms with Crippen LogP contribution in [0.4, 0.5) is 0 Å². The fourth-order valence-corrected chi connectivity index (χ4v) is 1.38. The third kappa shape index (κ3) is 2.97. The molecule has 0 aromatic carbocycles. The van der Waals surface area contributed by atoms with Crippen LogP contribution in [0, 0.1) is 0 Å². The largest absolute Gasteiger partial charge is 0.459 e. The van der Waals surface area contributed by atoms with E-state index in [1.165, 1.54) is 0 Å². The van der Waals surface area contributed by atoms with E-state index in [9.17, 15) is 0 Å². The fourth-order valence-electron chi connectivity index (χ4n) is 1.25. The zero-order valence-electron chi connectivity index (χ0n) is 7.44. The molecule has 14 heavy (non-hydrogen) atoms. The zero-order valence-corrected chi connectivity index (χ0v) is 9.01. The van der Waals surface area contributed by atoms with E-state index >= 15 is 0 Å². The summed E-state index contributed by atoms with van der Waals surface area (Å²) in [5, 5.41) is 3.61. The van der Waals surface area contributed by atoms with E-state index in [0.717, 1.165) is 19.5 Å². The number of nitrogens with one attached hydrogen (secondary N) is 1. The van der Waals surface area contributed by atoms with Crippen molar-refractivity contribution >= 4 is 24.0 Å². The first-order chi connectivity index (χ1) is 6.34. The van der Waals surface area contributed by atoms with Crippen molar-refractivity contribution in [3.63, 3.8) is 0 Å². The molecule has 0 amide bonds. The van der Waals surface area contributed by atoms with Crippen molar-refractivity contribution in [2.75, 3.05) is 13.1 Å². The minimum absolute atomic E-state index is 0. The Hall–Kier alpha value is -0.580. The molecule has 78 valence electrons. The van der Waals surface area contributed by atoms with Gasteiger partial charge >= 0.3 is 6.01 Å². The van der Waals surface area contributed by atoms with Crippen LogP contribution in [0.5, 0.6) is 6.01 Å². The lowest BCUT2D eigenvalue weighted by Gasteiger charge is -2.09. The van der Waals surface area contributed by atoms with Gasteiger partial charge in [0.2, 0.25) is 0 Å². The van der Waals surface area contributed by atoms with Crippen LogP contribution in [0.3, 0.4) is 0 Å². The summed E-state index contributed by atoms with van der Waals surface area (Å²) in [4.78, 5) is 7.90. The Kier molecular flexibility index (Phi) is 4.38. The summed E-state index contributed by atoms with van der Waals surface area (Å²) < 4.78 is 5.49. The molecule has 1 saturated heterocycles. The molecular weight excluding hydrogens is 225 g/mol. The first-order valence-electron chi connectivity index (χ1n) is 4.20. The van der Waals surface area contributed by atoms with Gasteiger partial charge in [-0.25, -0.2) is 4.98 Å². The van der Waals surface area contributed by atoms with E-state index < -0.39 is 0 Å². The van der Waals surface area contributed by atoms with E-state index in [1.54, 1.807) is 12.3 Å². The summed E-state index contributed by atoms with van der Waals surface area (Å²) in [6.07, 6.45) is 2.77. The minimum atomic E-state index is 0. The quantitative estimate of drug-likeness (QED) is 0.786. The van der Waals surface area contributed by atoms with Crippen LogP contribution >= 0.6 is 24.0 Å². The predicted octanol–water partition coefficient (Wildman–Crippen LogP) is 1.29. The second-order valence-corrected chi connectivity index (χ2v) is 3.28. The number of hydrogen-bond acceptors (Lipinski definition) is 4. The molecule has 1 atom stereocenters. The van der Waals surface area contributed by atoms with Crippen molar-refractivity contribution in [2.45, 2.75) is 12.5 Å². The highest BCUT2D eigenvalue weighted by Gasteiger charge is 2.16. The highest BCUT2D eigenvalue weighted by atomic mass is 35.5. The molecule has 0 spiro atoms. The smallest absolute Gasteiger partial charge is 0.318 e. The summed E-state index contributed by atoms with van der Waals surface area (Å²) in [5.74, 6) is 0. The van der Waals surface area contributed by atoms with Crippen LogP contribution in [0.1, 0.15) is 6.42 Å². The van der Waals surface area contributed by atoms with Crippen LogP contribution in [0.15, 0.2) is 12.3 Å². The lowest BCUT2D eigenvalue weighted by Crippen LogP contribution is -2.20. The molecular formula is C8H11Cl2N3O. The maximum atomic E-state index is 5.68. The summed E-state index contributed by atoms with van der Waals surface area (Å²) in [6, 6.07) is 1.99. The van der Waals surface area contributed by atoms with Gasteiger partial charge in [0.15, 0.2) is 0 Å². The van der Waals surface area contributed by atoms with E-state index in [-0.39, 0.29) is 18.5 Å². The molecule has 0 bridgehead atoms. The van der Waals surface area contributed by atoms with Gasteiger partial charge in [-0.15, -0.1) is 12.4 Å². The molecule has 0 radical (unpaired) electrons. The van der Waals surface area contributed by atoms with Crippen LogP contribution < -0.4 is 10.1 Å². The van der Waals surface area contributed by atoms with Gasteiger partial charge in [-0.1, -0.05) is 11.6 Å². The van der Waals surface area contributed by atoms with Crippen molar-refractivity contribution in [2.24, 2.45) is 0 Å². The van der Waals surface area contributed by atoms with E-state index in [0.29, 0.717) is 11.2 Å². The number of hydrogen-bond donors (Lipinski definition) is 1. The Morgan fingerprint density at radius 1 is 1.57 bits per heavy atom. The number of nitrogens with zero attached hydrogens (tertiary/aromatic N) is 2.